The van der Waals surface area contributed by atoms with Gasteiger partial charge in [0, 0.05) is 7.05 Å². The fourth-order valence-corrected chi connectivity index (χ4v) is 0.824. The van der Waals surface area contributed by atoms with E-state index >= 15 is 0 Å². The summed E-state index contributed by atoms with van der Waals surface area (Å²) in [5, 5.41) is 4.44. The first-order valence-electron chi connectivity index (χ1n) is 3.28. The molecule has 66 valence electrons. The van der Waals surface area contributed by atoms with E-state index in [1.807, 2.05) is 0 Å². The predicted octanol–water partition coefficient (Wildman–Crippen LogP) is -0.489. The summed E-state index contributed by atoms with van der Waals surface area (Å²) in [6.07, 6.45) is 0. The summed E-state index contributed by atoms with van der Waals surface area (Å²) in [5.41, 5.74) is 6.01. The maximum atomic E-state index is 11.3. The molecule has 0 fully saturated rings. The van der Waals surface area contributed by atoms with Crippen LogP contribution in [-0.4, -0.2) is 23.1 Å². The number of carbonyl (C=O) groups excluding carboxylic acids is 1. The molecule has 0 atom stereocenters. The van der Waals surface area contributed by atoms with Crippen LogP contribution in [0, 0.1) is 6.92 Å². The van der Waals surface area contributed by atoms with Crippen LogP contribution in [0.2, 0.25) is 0 Å². The first-order chi connectivity index (χ1) is 5.54. The number of carbonyl (C=O) groups is 1. The number of hydrogen-bond acceptors (Lipinski definition) is 5. The van der Waals surface area contributed by atoms with Crippen LogP contribution < -0.4 is 11.6 Å². The van der Waals surface area contributed by atoms with Gasteiger partial charge in [-0.25, -0.2) is 5.84 Å². The zero-order chi connectivity index (χ0) is 9.30. The fourth-order valence-electron chi connectivity index (χ4n) is 0.824. The van der Waals surface area contributed by atoms with Crippen LogP contribution in [0.15, 0.2) is 4.52 Å². The van der Waals surface area contributed by atoms with Crippen molar-refractivity contribution in [2.24, 2.45) is 5.84 Å². The number of hydrogen-bond donors (Lipinski definition) is 2. The molecule has 12 heavy (non-hydrogen) atoms. The number of aromatic nitrogens is 1. The summed E-state index contributed by atoms with van der Waals surface area (Å²) >= 11 is 0. The van der Waals surface area contributed by atoms with Gasteiger partial charge in [-0.1, -0.05) is 5.16 Å². The first kappa shape index (κ1) is 8.54. The smallest absolute Gasteiger partial charge is 0.274 e. The van der Waals surface area contributed by atoms with Crippen LogP contribution in [-0.2, 0) is 0 Å². The van der Waals surface area contributed by atoms with E-state index in [0.717, 1.165) is 5.01 Å². The lowest BCUT2D eigenvalue weighted by atomic mass is 10.2. The highest BCUT2D eigenvalue weighted by Gasteiger charge is 2.19. The molecule has 0 aromatic carbocycles. The third kappa shape index (κ3) is 1.24. The Morgan fingerprint density at radius 3 is 2.58 bits per heavy atom. The summed E-state index contributed by atoms with van der Waals surface area (Å²) in [7, 11) is 1.42. The molecule has 0 spiro atoms. The third-order valence-electron chi connectivity index (χ3n) is 1.42. The van der Waals surface area contributed by atoms with E-state index < -0.39 is 5.91 Å². The van der Waals surface area contributed by atoms with E-state index in [2.05, 4.69) is 9.68 Å². The summed E-state index contributed by atoms with van der Waals surface area (Å²) in [6.45, 7) is 1.62. The molecule has 0 saturated carbocycles. The van der Waals surface area contributed by atoms with E-state index in [1.54, 1.807) is 6.92 Å². The molecule has 0 radical (unpaired) electrons. The molecule has 6 nitrogen and oxygen atoms in total. The molecule has 0 aliphatic heterocycles. The quantitative estimate of drug-likeness (QED) is 0.336. The van der Waals surface area contributed by atoms with Crippen molar-refractivity contribution in [3.05, 3.63) is 11.3 Å². The minimum absolute atomic E-state index is 0.00481. The molecule has 6 heteroatoms. The highest BCUT2D eigenvalue weighted by atomic mass is 16.5. The Morgan fingerprint density at radius 2 is 2.25 bits per heavy atom. The van der Waals surface area contributed by atoms with Crippen molar-refractivity contribution in [2.75, 3.05) is 12.8 Å². The molecule has 1 aromatic rings. The van der Waals surface area contributed by atoms with Crippen LogP contribution in [0.1, 0.15) is 16.1 Å². The zero-order valence-electron chi connectivity index (χ0n) is 6.87. The molecule has 0 bridgehead atoms. The minimum Gasteiger partial charge on any atom is -0.367 e. The van der Waals surface area contributed by atoms with Crippen LogP contribution in [0.3, 0.4) is 0 Å². The molecule has 0 saturated heterocycles. The third-order valence-corrected chi connectivity index (χ3v) is 1.42. The number of anilines is 1. The number of rotatable bonds is 1. The van der Waals surface area contributed by atoms with Gasteiger partial charge < -0.3 is 10.3 Å². The maximum absolute atomic E-state index is 11.3. The van der Waals surface area contributed by atoms with Gasteiger partial charge in [-0.05, 0) is 6.92 Å². The van der Waals surface area contributed by atoms with Gasteiger partial charge in [-0.15, -0.1) is 0 Å². The molecule has 1 heterocycles. The van der Waals surface area contributed by atoms with Gasteiger partial charge in [0.2, 0.25) is 5.88 Å². The highest BCUT2D eigenvalue weighted by molar-refractivity contribution is 5.98. The second-order valence-electron chi connectivity index (χ2n) is 2.42. The van der Waals surface area contributed by atoms with Crippen LogP contribution in [0.25, 0.3) is 0 Å². The molecule has 1 amide bonds. The Labute approximate surface area is 69.1 Å². The average molecular weight is 170 g/mol. The van der Waals surface area contributed by atoms with E-state index in [4.69, 9.17) is 11.6 Å². The minimum atomic E-state index is -0.411. The van der Waals surface area contributed by atoms with Crippen LogP contribution in [0.5, 0.6) is 0 Å². The summed E-state index contributed by atoms with van der Waals surface area (Å²) in [5.74, 6) is 4.81. The van der Waals surface area contributed by atoms with Gasteiger partial charge in [0.15, 0.2) is 0 Å². The number of nitrogens with zero attached hydrogens (tertiary/aromatic N) is 2. The lowest BCUT2D eigenvalue weighted by Crippen LogP contribution is -2.33. The zero-order valence-corrected chi connectivity index (χ0v) is 6.87. The summed E-state index contributed by atoms with van der Waals surface area (Å²) in [4.78, 5) is 11.3. The number of hydrazine groups is 1. The van der Waals surface area contributed by atoms with Crippen molar-refractivity contribution < 1.29 is 9.32 Å². The van der Waals surface area contributed by atoms with Crippen LogP contribution in [0.4, 0.5) is 5.88 Å². The molecule has 1 rings (SSSR count). The van der Waals surface area contributed by atoms with E-state index in [-0.39, 0.29) is 11.4 Å². The van der Waals surface area contributed by atoms with Crippen molar-refractivity contribution in [3.63, 3.8) is 0 Å². The van der Waals surface area contributed by atoms with Gasteiger partial charge in [0.05, 0.1) is 5.69 Å². The molecular weight excluding hydrogens is 160 g/mol. The standard InChI is InChI=1S/C6H10N4O2/c1-3-4(5(7)12-9-3)6(11)10(2)8/h7-8H2,1-2H3. The second-order valence-corrected chi connectivity index (χ2v) is 2.42. The monoisotopic (exact) mass is 170 g/mol. The van der Waals surface area contributed by atoms with Gasteiger partial charge in [-0.2, -0.15) is 0 Å². The molecular formula is C6H10N4O2. The fraction of sp³-hybridized carbons (Fsp3) is 0.333. The summed E-state index contributed by atoms with van der Waals surface area (Å²) in [6, 6.07) is 0. The number of nitrogens with two attached hydrogens (primary N) is 2. The topological polar surface area (TPSA) is 98.4 Å². The lowest BCUT2D eigenvalue weighted by molar-refractivity contribution is 0.0795. The first-order valence-corrected chi connectivity index (χ1v) is 3.28. The molecule has 1 aromatic heterocycles. The van der Waals surface area contributed by atoms with Gasteiger partial charge in [0.1, 0.15) is 5.56 Å². The summed E-state index contributed by atoms with van der Waals surface area (Å²) < 4.78 is 4.59. The van der Waals surface area contributed by atoms with E-state index in [1.165, 1.54) is 7.05 Å². The van der Waals surface area contributed by atoms with Gasteiger partial charge in [-0.3, -0.25) is 9.80 Å². The van der Waals surface area contributed by atoms with Gasteiger partial charge >= 0.3 is 0 Å². The van der Waals surface area contributed by atoms with Crippen molar-refractivity contribution >= 4 is 11.8 Å². The Kier molecular flexibility index (Phi) is 2.01. The van der Waals surface area contributed by atoms with E-state index in [0.29, 0.717) is 5.69 Å². The van der Waals surface area contributed by atoms with Crippen molar-refractivity contribution in [2.45, 2.75) is 6.92 Å². The van der Waals surface area contributed by atoms with Crippen LogP contribution >= 0.6 is 0 Å². The lowest BCUT2D eigenvalue weighted by Gasteiger charge is -2.07. The van der Waals surface area contributed by atoms with Crippen molar-refractivity contribution in [3.8, 4) is 0 Å². The molecule has 0 aliphatic rings. The largest absolute Gasteiger partial charge is 0.367 e. The maximum Gasteiger partial charge on any atom is 0.274 e. The highest BCUT2D eigenvalue weighted by Crippen LogP contribution is 2.15. The molecule has 0 aliphatic carbocycles. The SMILES string of the molecule is Cc1noc(N)c1C(=O)N(C)N. The van der Waals surface area contributed by atoms with E-state index in [9.17, 15) is 4.79 Å². The number of aryl methyl sites for hydroxylation is 1. The van der Waals surface area contributed by atoms with Crippen molar-refractivity contribution in [1.82, 2.24) is 10.2 Å². The Balaban J connectivity index is 3.09. The second kappa shape index (κ2) is 2.82. The van der Waals surface area contributed by atoms with Crippen molar-refractivity contribution in [1.29, 1.82) is 0 Å². The molecule has 4 N–H and O–H groups in total. The average Bonchev–Trinajstić information content (AvgIpc) is 2.30. The Hall–Kier alpha value is -1.56. The molecule has 0 unspecified atom stereocenters. The number of amides is 1. The Morgan fingerprint density at radius 1 is 1.67 bits per heavy atom. The Bertz CT molecular complexity index is 285. The predicted molar refractivity (Wildman–Crippen MR) is 41.9 cm³/mol. The normalized spacial score (nSPS) is 9.92. The number of nitrogen functional groups attached to an aromatic ring is 1. The van der Waals surface area contributed by atoms with Gasteiger partial charge in [0.25, 0.3) is 5.91 Å².